The Morgan fingerprint density at radius 1 is 0.517 bits per heavy atom. The molecule has 148 valence electrons. The summed E-state index contributed by atoms with van der Waals surface area (Å²) in [5.41, 5.74) is 1.78. The van der Waals surface area contributed by atoms with Crippen LogP contribution in [0.15, 0.2) is 85.0 Å². The Balaban J connectivity index is 0.000000178. The number of hydrogen-bond donors (Lipinski definition) is 2. The summed E-state index contributed by atoms with van der Waals surface area (Å²) < 4.78 is -0.970. The molecule has 0 radical (unpaired) electrons. The molecule has 2 aliphatic rings. The molecule has 0 fully saturated rings. The van der Waals surface area contributed by atoms with Crippen molar-refractivity contribution < 1.29 is 19.2 Å². The van der Waals surface area contributed by atoms with E-state index in [1.807, 2.05) is 71.3 Å². The summed E-state index contributed by atoms with van der Waals surface area (Å²) >= 11 is 12.7. The van der Waals surface area contributed by atoms with E-state index < -0.39 is 4.33 Å². The molecule has 6 nitrogen and oxygen atoms in total. The molecular formula is C21H16Cl2N2O4. The van der Waals surface area contributed by atoms with Crippen LogP contribution in [0.2, 0.25) is 0 Å². The Bertz CT molecular complexity index is 846. The molecule has 0 aliphatic carbocycles. The number of nitrogens with one attached hydrogen (secondary N) is 2. The van der Waals surface area contributed by atoms with Crippen LogP contribution in [-0.4, -0.2) is 23.6 Å². The second kappa shape index (κ2) is 10.4. The van der Waals surface area contributed by atoms with E-state index in [0.29, 0.717) is 0 Å². The van der Waals surface area contributed by atoms with Gasteiger partial charge in [0.05, 0.1) is 0 Å². The van der Waals surface area contributed by atoms with Gasteiger partial charge < -0.3 is 0 Å². The van der Waals surface area contributed by atoms with Gasteiger partial charge in [-0.05, 0) is 11.1 Å². The molecule has 0 unspecified atom stereocenters. The van der Waals surface area contributed by atoms with E-state index in [-0.39, 0.29) is 23.6 Å². The van der Waals surface area contributed by atoms with Crippen LogP contribution in [0.4, 0.5) is 0 Å². The first-order valence-corrected chi connectivity index (χ1v) is 9.09. The van der Waals surface area contributed by atoms with E-state index in [4.69, 9.17) is 23.2 Å². The largest absolute Gasteiger partial charge is 0.289 e. The first-order valence-electron chi connectivity index (χ1n) is 8.34. The van der Waals surface area contributed by atoms with Crippen LogP contribution in [0.1, 0.15) is 11.1 Å². The number of alkyl halides is 2. The molecule has 0 saturated carbocycles. The molecule has 0 aromatic heterocycles. The summed E-state index contributed by atoms with van der Waals surface area (Å²) in [4.78, 5) is 40.1. The maximum absolute atomic E-state index is 10.0. The minimum absolute atomic E-state index is 0.329. The van der Waals surface area contributed by atoms with Crippen molar-refractivity contribution in [1.29, 1.82) is 0 Å². The standard InChI is InChI=1S/C13H10Cl2.2C4H3NO2/c14-13(15,11-7-3-1-4-8-11)12-9-5-2-6-10-12;2*6-3-1-2-4(7)5-3/h1-10H;2*1-2H,(H,5,6,7). The third-order valence-corrected chi connectivity index (χ3v) is 4.41. The van der Waals surface area contributed by atoms with Crippen LogP contribution in [0.25, 0.3) is 0 Å². The van der Waals surface area contributed by atoms with Gasteiger partial charge >= 0.3 is 0 Å². The molecular weight excluding hydrogens is 415 g/mol. The van der Waals surface area contributed by atoms with Gasteiger partial charge in [-0.1, -0.05) is 83.9 Å². The number of halogens is 2. The first kappa shape index (κ1) is 22.1. The van der Waals surface area contributed by atoms with Gasteiger partial charge in [-0.15, -0.1) is 0 Å². The Morgan fingerprint density at radius 3 is 1.00 bits per heavy atom. The van der Waals surface area contributed by atoms with Gasteiger partial charge in [0.15, 0.2) is 4.33 Å². The Kier molecular flexibility index (Phi) is 7.88. The van der Waals surface area contributed by atoms with E-state index >= 15 is 0 Å². The van der Waals surface area contributed by atoms with Crippen molar-refractivity contribution in [3.63, 3.8) is 0 Å². The molecule has 0 atom stereocenters. The summed E-state index contributed by atoms with van der Waals surface area (Å²) in [5, 5.41) is 4.06. The van der Waals surface area contributed by atoms with Crippen LogP contribution in [0.5, 0.6) is 0 Å². The molecule has 8 heteroatoms. The predicted octanol–water partition coefficient (Wildman–Crippen LogP) is 2.76. The van der Waals surface area contributed by atoms with E-state index in [1.54, 1.807) is 0 Å². The molecule has 2 aromatic rings. The molecule has 4 amide bonds. The highest BCUT2D eigenvalue weighted by Gasteiger charge is 2.28. The summed E-state index contributed by atoms with van der Waals surface area (Å²) in [6, 6.07) is 19.3. The zero-order chi connectivity index (χ0) is 21.3. The zero-order valence-corrected chi connectivity index (χ0v) is 16.5. The first-order chi connectivity index (χ1) is 13.8. The number of carbonyl (C=O) groups excluding carboxylic acids is 4. The zero-order valence-electron chi connectivity index (χ0n) is 15.0. The monoisotopic (exact) mass is 430 g/mol. The summed E-state index contributed by atoms with van der Waals surface area (Å²) in [6.07, 6.45) is 4.79. The van der Waals surface area contributed by atoms with E-state index in [9.17, 15) is 19.2 Å². The lowest BCUT2D eigenvalue weighted by molar-refractivity contribution is -0.125. The van der Waals surface area contributed by atoms with Crippen molar-refractivity contribution in [2.45, 2.75) is 4.33 Å². The Hall–Kier alpha value is -3.22. The fourth-order valence-corrected chi connectivity index (χ4v) is 2.68. The number of amides is 4. The summed E-state index contributed by atoms with van der Waals surface area (Å²) in [7, 11) is 0. The van der Waals surface area contributed by atoms with Crippen LogP contribution in [0.3, 0.4) is 0 Å². The van der Waals surface area contributed by atoms with E-state index in [1.165, 1.54) is 24.3 Å². The third kappa shape index (κ3) is 7.03. The molecule has 2 N–H and O–H groups in total. The topological polar surface area (TPSA) is 92.3 Å². The average Bonchev–Trinajstić information content (AvgIpc) is 3.30. The van der Waals surface area contributed by atoms with E-state index in [2.05, 4.69) is 0 Å². The lowest BCUT2D eigenvalue weighted by Crippen LogP contribution is -2.19. The maximum Gasteiger partial charge on any atom is 0.250 e. The number of hydrogen-bond acceptors (Lipinski definition) is 4. The van der Waals surface area contributed by atoms with Gasteiger partial charge in [0.1, 0.15) is 0 Å². The third-order valence-electron chi connectivity index (χ3n) is 3.54. The highest BCUT2D eigenvalue weighted by atomic mass is 35.5. The normalized spacial score (nSPS) is 14.4. The van der Waals surface area contributed by atoms with Crippen molar-refractivity contribution >= 4 is 46.8 Å². The second-order valence-electron chi connectivity index (χ2n) is 5.68. The Morgan fingerprint density at radius 2 is 0.793 bits per heavy atom. The van der Waals surface area contributed by atoms with Gasteiger partial charge in [-0.2, -0.15) is 0 Å². The molecule has 0 saturated heterocycles. The molecule has 0 spiro atoms. The minimum atomic E-state index is -0.970. The van der Waals surface area contributed by atoms with Gasteiger partial charge in [-0.25, -0.2) is 0 Å². The summed E-state index contributed by atoms with van der Waals surface area (Å²) in [5.74, 6) is -1.31. The van der Waals surface area contributed by atoms with Crippen molar-refractivity contribution in [2.75, 3.05) is 0 Å². The smallest absolute Gasteiger partial charge is 0.250 e. The molecule has 2 heterocycles. The quantitative estimate of drug-likeness (QED) is 0.565. The molecule has 29 heavy (non-hydrogen) atoms. The van der Waals surface area contributed by atoms with Gasteiger partial charge in [-0.3, -0.25) is 29.8 Å². The van der Waals surface area contributed by atoms with Crippen LogP contribution in [0, 0.1) is 0 Å². The van der Waals surface area contributed by atoms with Crippen LogP contribution < -0.4 is 10.6 Å². The van der Waals surface area contributed by atoms with Crippen molar-refractivity contribution in [3.05, 3.63) is 96.1 Å². The van der Waals surface area contributed by atoms with Crippen molar-refractivity contribution in [2.24, 2.45) is 0 Å². The fraction of sp³-hybridized carbons (Fsp3) is 0.0476. The maximum atomic E-state index is 10.0. The fourth-order valence-electron chi connectivity index (χ4n) is 2.17. The predicted molar refractivity (Wildman–Crippen MR) is 110 cm³/mol. The van der Waals surface area contributed by atoms with Crippen LogP contribution in [-0.2, 0) is 23.5 Å². The lowest BCUT2D eigenvalue weighted by Gasteiger charge is -2.20. The minimum Gasteiger partial charge on any atom is -0.289 e. The SMILES string of the molecule is ClC(Cl)(c1ccccc1)c1ccccc1.O=C1C=CC(=O)N1.O=C1C=CC(=O)N1. The van der Waals surface area contributed by atoms with Crippen molar-refractivity contribution in [3.8, 4) is 0 Å². The lowest BCUT2D eigenvalue weighted by atomic mass is 10.0. The number of carbonyl (C=O) groups is 4. The van der Waals surface area contributed by atoms with Crippen molar-refractivity contribution in [1.82, 2.24) is 10.6 Å². The highest BCUT2D eigenvalue weighted by molar-refractivity contribution is 6.50. The number of imide groups is 2. The average molecular weight is 431 g/mol. The summed E-state index contributed by atoms with van der Waals surface area (Å²) in [6.45, 7) is 0. The number of benzene rings is 2. The van der Waals surface area contributed by atoms with Crippen LogP contribution >= 0.6 is 23.2 Å². The van der Waals surface area contributed by atoms with Gasteiger partial charge in [0.25, 0.3) is 23.6 Å². The van der Waals surface area contributed by atoms with Gasteiger partial charge in [0, 0.05) is 24.3 Å². The van der Waals surface area contributed by atoms with Gasteiger partial charge in [0.2, 0.25) is 0 Å². The molecule has 2 aromatic carbocycles. The highest BCUT2D eigenvalue weighted by Crippen LogP contribution is 2.40. The molecule has 0 bridgehead atoms. The molecule has 2 aliphatic heterocycles. The second-order valence-corrected chi connectivity index (χ2v) is 7.01. The Labute approximate surface area is 177 Å². The van der Waals surface area contributed by atoms with E-state index in [0.717, 1.165) is 11.1 Å². The molecule has 4 rings (SSSR count). The number of rotatable bonds is 2.